The molecule has 1 heterocycles. The predicted molar refractivity (Wildman–Crippen MR) is 45.9 cm³/mol. The number of rotatable bonds is 5. The summed E-state index contributed by atoms with van der Waals surface area (Å²) in [5, 5.41) is 13.3. The van der Waals surface area contributed by atoms with Crippen LogP contribution >= 0.6 is 11.3 Å². The van der Waals surface area contributed by atoms with Crippen molar-refractivity contribution in [3.63, 3.8) is 0 Å². The van der Waals surface area contributed by atoms with Crippen LogP contribution in [-0.2, 0) is 6.54 Å². The molecule has 74 valence electrons. The van der Waals surface area contributed by atoms with Gasteiger partial charge in [-0.3, -0.25) is 0 Å². The Morgan fingerprint density at radius 2 is 2.38 bits per heavy atom. The van der Waals surface area contributed by atoms with E-state index in [2.05, 4.69) is 10.3 Å². The normalized spacial score (nSPS) is 11.9. The lowest BCUT2D eigenvalue weighted by Crippen LogP contribution is -2.35. The summed E-state index contributed by atoms with van der Waals surface area (Å²) in [6, 6.07) is 0. The molecule has 0 fully saturated rings. The molecule has 1 aromatic heterocycles. The van der Waals surface area contributed by atoms with Crippen LogP contribution in [0.4, 0.5) is 8.78 Å². The van der Waals surface area contributed by atoms with E-state index in [-0.39, 0.29) is 0 Å². The summed E-state index contributed by atoms with van der Waals surface area (Å²) in [4.78, 5) is 3.91. The summed E-state index contributed by atoms with van der Waals surface area (Å²) >= 11 is 1.40. The quantitative estimate of drug-likeness (QED) is 0.754. The zero-order chi connectivity index (χ0) is 9.73. The molecule has 0 radical (unpaired) electrons. The van der Waals surface area contributed by atoms with Crippen molar-refractivity contribution in [2.24, 2.45) is 0 Å². The second-order valence-corrected chi connectivity index (χ2v) is 3.52. The highest BCUT2D eigenvalue weighted by Crippen LogP contribution is 2.10. The van der Waals surface area contributed by atoms with Crippen molar-refractivity contribution < 1.29 is 13.9 Å². The Bertz CT molecular complexity index is 241. The Morgan fingerprint density at radius 3 is 2.92 bits per heavy atom. The van der Waals surface area contributed by atoms with Crippen molar-refractivity contribution in [3.05, 3.63) is 16.6 Å². The van der Waals surface area contributed by atoms with Gasteiger partial charge in [0.15, 0.2) is 0 Å². The number of nitrogens with zero attached hydrogens (tertiary/aromatic N) is 1. The minimum absolute atomic E-state index is 0.313. The van der Waals surface area contributed by atoms with Crippen molar-refractivity contribution in [1.82, 2.24) is 10.3 Å². The van der Waals surface area contributed by atoms with E-state index < -0.39 is 19.1 Å². The monoisotopic (exact) mass is 208 g/mol. The molecule has 0 aromatic carbocycles. The lowest BCUT2D eigenvalue weighted by Gasteiger charge is -2.12. The first-order valence-electron chi connectivity index (χ1n) is 3.72. The van der Waals surface area contributed by atoms with E-state index >= 15 is 0 Å². The SMILES string of the molecule is OCC(F)(F)CNCc1nccs1. The maximum atomic E-state index is 12.5. The van der Waals surface area contributed by atoms with E-state index in [9.17, 15) is 8.78 Å². The maximum absolute atomic E-state index is 12.5. The van der Waals surface area contributed by atoms with Gasteiger partial charge in [0.1, 0.15) is 11.6 Å². The second-order valence-electron chi connectivity index (χ2n) is 2.54. The van der Waals surface area contributed by atoms with Gasteiger partial charge in [0, 0.05) is 18.1 Å². The van der Waals surface area contributed by atoms with Crippen LogP contribution < -0.4 is 5.32 Å². The molecular formula is C7H10F2N2OS. The zero-order valence-corrected chi connectivity index (χ0v) is 7.65. The number of hydrogen-bond donors (Lipinski definition) is 2. The van der Waals surface area contributed by atoms with Gasteiger partial charge in [0.05, 0.1) is 6.54 Å². The van der Waals surface area contributed by atoms with Crippen molar-refractivity contribution >= 4 is 11.3 Å². The highest BCUT2D eigenvalue weighted by atomic mass is 32.1. The lowest BCUT2D eigenvalue weighted by atomic mass is 10.3. The summed E-state index contributed by atoms with van der Waals surface area (Å²) in [6.07, 6.45) is 1.62. The number of thiazole rings is 1. The zero-order valence-electron chi connectivity index (χ0n) is 6.83. The van der Waals surface area contributed by atoms with Crippen LogP contribution in [0, 0.1) is 0 Å². The number of nitrogens with one attached hydrogen (secondary N) is 1. The molecule has 0 spiro atoms. The summed E-state index contributed by atoms with van der Waals surface area (Å²) < 4.78 is 24.9. The molecule has 0 amide bonds. The molecule has 6 heteroatoms. The Kier molecular flexibility index (Phi) is 3.71. The first kappa shape index (κ1) is 10.5. The van der Waals surface area contributed by atoms with E-state index in [0.29, 0.717) is 6.54 Å². The van der Waals surface area contributed by atoms with Crippen LogP contribution in [0.5, 0.6) is 0 Å². The van der Waals surface area contributed by atoms with Crippen LogP contribution in [-0.4, -0.2) is 29.2 Å². The van der Waals surface area contributed by atoms with E-state index in [1.807, 2.05) is 0 Å². The van der Waals surface area contributed by atoms with Gasteiger partial charge in [-0.05, 0) is 0 Å². The van der Waals surface area contributed by atoms with E-state index in [1.165, 1.54) is 11.3 Å². The van der Waals surface area contributed by atoms with Gasteiger partial charge in [0.25, 0.3) is 5.92 Å². The first-order valence-corrected chi connectivity index (χ1v) is 4.60. The molecule has 0 unspecified atom stereocenters. The van der Waals surface area contributed by atoms with Gasteiger partial charge in [-0.15, -0.1) is 11.3 Å². The number of alkyl halides is 2. The third kappa shape index (κ3) is 3.75. The minimum atomic E-state index is -3.04. The molecule has 0 saturated carbocycles. The average Bonchev–Trinajstić information content (AvgIpc) is 2.57. The smallest absolute Gasteiger partial charge is 0.282 e. The molecule has 0 bridgehead atoms. The Hall–Kier alpha value is -0.590. The number of aliphatic hydroxyl groups excluding tert-OH is 1. The standard InChI is InChI=1S/C7H10F2N2OS/c8-7(9,5-12)4-10-3-6-11-1-2-13-6/h1-2,10,12H,3-5H2. The summed E-state index contributed by atoms with van der Waals surface area (Å²) in [7, 11) is 0. The van der Waals surface area contributed by atoms with E-state index in [1.54, 1.807) is 11.6 Å². The topological polar surface area (TPSA) is 45.1 Å². The van der Waals surface area contributed by atoms with Crippen LogP contribution in [0.2, 0.25) is 0 Å². The fourth-order valence-corrected chi connectivity index (χ4v) is 1.33. The number of aromatic nitrogens is 1. The van der Waals surface area contributed by atoms with E-state index in [4.69, 9.17) is 5.11 Å². The van der Waals surface area contributed by atoms with E-state index in [0.717, 1.165) is 5.01 Å². The molecule has 1 aromatic rings. The van der Waals surface area contributed by atoms with Gasteiger partial charge in [-0.25, -0.2) is 13.8 Å². The van der Waals surface area contributed by atoms with Gasteiger partial charge < -0.3 is 10.4 Å². The molecule has 0 aliphatic carbocycles. The second kappa shape index (κ2) is 4.59. The highest BCUT2D eigenvalue weighted by Gasteiger charge is 2.26. The molecular weight excluding hydrogens is 198 g/mol. The summed E-state index contributed by atoms with van der Waals surface area (Å²) in [5.41, 5.74) is 0. The van der Waals surface area contributed by atoms with Crippen molar-refractivity contribution in [2.75, 3.05) is 13.2 Å². The Labute approximate surface area is 78.4 Å². The summed E-state index contributed by atoms with van der Waals surface area (Å²) in [5.74, 6) is -3.04. The molecule has 0 saturated heterocycles. The molecule has 13 heavy (non-hydrogen) atoms. The molecule has 0 aliphatic heterocycles. The van der Waals surface area contributed by atoms with Crippen molar-refractivity contribution in [2.45, 2.75) is 12.5 Å². The fourth-order valence-electron chi connectivity index (χ4n) is 0.748. The predicted octanol–water partition coefficient (Wildman–Crippen LogP) is 0.860. The van der Waals surface area contributed by atoms with Crippen molar-refractivity contribution in [3.8, 4) is 0 Å². The summed E-state index contributed by atoms with van der Waals surface area (Å²) in [6.45, 7) is -1.34. The third-order valence-electron chi connectivity index (χ3n) is 1.37. The largest absolute Gasteiger partial charge is 0.390 e. The number of halogens is 2. The first-order chi connectivity index (χ1) is 6.14. The minimum Gasteiger partial charge on any atom is -0.390 e. The van der Waals surface area contributed by atoms with Crippen LogP contribution in [0.1, 0.15) is 5.01 Å². The molecule has 3 nitrogen and oxygen atoms in total. The molecule has 0 atom stereocenters. The molecule has 0 aliphatic rings. The van der Waals surface area contributed by atoms with Crippen molar-refractivity contribution in [1.29, 1.82) is 0 Å². The van der Waals surface area contributed by atoms with Crippen LogP contribution in [0.15, 0.2) is 11.6 Å². The van der Waals surface area contributed by atoms with Crippen LogP contribution in [0.25, 0.3) is 0 Å². The number of aliphatic hydroxyl groups is 1. The maximum Gasteiger partial charge on any atom is 0.282 e. The highest BCUT2D eigenvalue weighted by molar-refractivity contribution is 7.09. The third-order valence-corrected chi connectivity index (χ3v) is 2.15. The lowest BCUT2D eigenvalue weighted by molar-refractivity contribution is -0.0477. The van der Waals surface area contributed by atoms with Gasteiger partial charge in [-0.1, -0.05) is 0 Å². The molecule has 1 rings (SSSR count). The van der Waals surface area contributed by atoms with Gasteiger partial charge in [0.2, 0.25) is 0 Å². The number of hydrogen-bond acceptors (Lipinski definition) is 4. The Morgan fingerprint density at radius 1 is 1.62 bits per heavy atom. The average molecular weight is 208 g/mol. The fraction of sp³-hybridized carbons (Fsp3) is 0.571. The van der Waals surface area contributed by atoms with Gasteiger partial charge >= 0.3 is 0 Å². The Balaban J connectivity index is 2.21. The molecule has 2 N–H and O–H groups in total. The van der Waals surface area contributed by atoms with Crippen LogP contribution in [0.3, 0.4) is 0 Å². The van der Waals surface area contributed by atoms with Gasteiger partial charge in [-0.2, -0.15) is 0 Å².